The van der Waals surface area contributed by atoms with Crippen molar-refractivity contribution in [3.8, 4) is 6.07 Å². The topological polar surface area (TPSA) is 47.3 Å². The lowest BCUT2D eigenvalue weighted by molar-refractivity contribution is -0.128. The highest BCUT2D eigenvalue weighted by molar-refractivity contribution is 5.97. The van der Waals surface area contributed by atoms with Crippen molar-refractivity contribution in [1.29, 1.82) is 5.26 Å². The van der Waals surface area contributed by atoms with E-state index in [2.05, 4.69) is 30.0 Å². The van der Waals surface area contributed by atoms with Crippen molar-refractivity contribution < 1.29 is 4.79 Å². The second-order valence-electron chi connectivity index (χ2n) is 6.55. The Kier molecular flexibility index (Phi) is 4.66. The number of benzene rings is 1. The van der Waals surface area contributed by atoms with Gasteiger partial charge in [-0.3, -0.25) is 4.79 Å². The van der Waals surface area contributed by atoms with Crippen LogP contribution < -0.4 is 4.90 Å². The first-order chi connectivity index (χ1) is 11.2. The minimum absolute atomic E-state index is 0.123. The van der Waals surface area contributed by atoms with Crippen LogP contribution in [0.1, 0.15) is 31.7 Å². The molecular formula is C19H23N3O. The normalized spacial score (nSPS) is 19.2. The molecule has 0 spiro atoms. The highest BCUT2D eigenvalue weighted by atomic mass is 16.2. The number of hydrogen-bond acceptors (Lipinski definition) is 3. The first-order valence-electron chi connectivity index (χ1n) is 8.45. The minimum atomic E-state index is -0.123. The van der Waals surface area contributed by atoms with Gasteiger partial charge in [0.15, 0.2) is 0 Å². The van der Waals surface area contributed by atoms with Gasteiger partial charge in [-0.15, -0.1) is 0 Å². The highest BCUT2D eigenvalue weighted by Crippen LogP contribution is 2.27. The average Bonchev–Trinajstić information content (AvgIpc) is 2.60. The summed E-state index contributed by atoms with van der Waals surface area (Å²) >= 11 is 0. The minimum Gasteiger partial charge on any atom is -0.346 e. The zero-order valence-corrected chi connectivity index (χ0v) is 13.7. The molecule has 1 fully saturated rings. The van der Waals surface area contributed by atoms with Crippen LogP contribution in [0.4, 0.5) is 5.69 Å². The van der Waals surface area contributed by atoms with Crippen LogP contribution in [0.15, 0.2) is 36.0 Å². The molecule has 0 aromatic heterocycles. The Morgan fingerprint density at radius 3 is 2.74 bits per heavy atom. The van der Waals surface area contributed by atoms with Crippen LogP contribution in [-0.2, 0) is 11.2 Å². The molecule has 1 aromatic carbocycles. The number of carbonyl (C=O) groups is 1. The van der Waals surface area contributed by atoms with Gasteiger partial charge >= 0.3 is 0 Å². The predicted octanol–water partition coefficient (Wildman–Crippen LogP) is 3.11. The molecule has 23 heavy (non-hydrogen) atoms. The van der Waals surface area contributed by atoms with E-state index in [1.165, 1.54) is 5.56 Å². The first kappa shape index (κ1) is 15.6. The van der Waals surface area contributed by atoms with Crippen molar-refractivity contribution in [3.05, 3.63) is 41.6 Å². The Balaban J connectivity index is 1.80. The van der Waals surface area contributed by atoms with Crippen LogP contribution in [0.25, 0.3) is 0 Å². The lowest BCUT2D eigenvalue weighted by Crippen LogP contribution is -2.39. The number of hydrogen-bond donors (Lipinski definition) is 0. The molecule has 0 atom stereocenters. The SMILES string of the molecule is CC1CCN(C(=O)/C(C#N)=C\N2CCCc3ccccc32)CC1. The predicted molar refractivity (Wildman–Crippen MR) is 90.8 cm³/mol. The molecule has 0 bridgehead atoms. The van der Waals surface area contributed by atoms with Crippen LogP contribution in [0.5, 0.6) is 0 Å². The maximum Gasteiger partial charge on any atom is 0.266 e. The third kappa shape index (κ3) is 3.39. The molecule has 2 aliphatic heterocycles. The molecule has 0 N–H and O–H groups in total. The van der Waals surface area contributed by atoms with Crippen molar-refractivity contribution in [2.75, 3.05) is 24.5 Å². The van der Waals surface area contributed by atoms with Gasteiger partial charge in [0.2, 0.25) is 0 Å². The third-order valence-electron chi connectivity index (χ3n) is 4.85. The van der Waals surface area contributed by atoms with Gasteiger partial charge in [-0.2, -0.15) is 5.26 Å². The van der Waals surface area contributed by atoms with Crippen molar-refractivity contribution in [2.45, 2.75) is 32.6 Å². The molecule has 0 unspecified atom stereocenters. The molecule has 120 valence electrons. The van der Waals surface area contributed by atoms with Crippen LogP contribution in [-0.4, -0.2) is 30.4 Å². The van der Waals surface area contributed by atoms with E-state index in [0.717, 1.165) is 51.0 Å². The second kappa shape index (κ2) is 6.87. The van der Waals surface area contributed by atoms with Gasteiger partial charge in [0.1, 0.15) is 11.6 Å². The molecule has 2 heterocycles. The van der Waals surface area contributed by atoms with E-state index in [0.29, 0.717) is 5.92 Å². The van der Waals surface area contributed by atoms with E-state index in [9.17, 15) is 10.1 Å². The fourth-order valence-corrected chi connectivity index (χ4v) is 3.37. The molecular weight excluding hydrogens is 286 g/mol. The molecule has 1 aromatic rings. The smallest absolute Gasteiger partial charge is 0.266 e. The third-order valence-corrected chi connectivity index (χ3v) is 4.85. The van der Waals surface area contributed by atoms with Crippen molar-refractivity contribution in [2.24, 2.45) is 5.92 Å². The molecule has 4 heteroatoms. The van der Waals surface area contributed by atoms with Gasteiger partial charge in [-0.05, 0) is 43.2 Å². The van der Waals surface area contributed by atoms with Crippen LogP contribution >= 0.6 is 0 Å². The number of nitrogens with zero attached hydrogens (tertiary/aromatic N) is 3. The van der Waals surface area contributed by atoms with Crippen LogP contribution in [0.2, 0.25) is 0 Å². The highest BCUT2D eigenvalue weighted by Gasteiger charge is 2.24. The van der Waals surface area contributed by atoms with E-state index in [4.69, 9.17) is 0 Å². The van der Waals surface area contributed by atoms with Gasteiger partial charge < -0.3 is 9.80 Å². The summed E-state index contributed by atoms with van der Waals surface area (Å²) < 4.78 is 0. The second-order valence-corrected chi connectivity index (χ2v) is 6.55. The summed E-state index contributed by atoms with van der Waals surface area (Å²) in [7, 11) is 0. The molecule has 1 amide bonds. The van der Waals surface area contributed by atoms with Gasteiger partial charge in [0.25, 0.3) is 5.91 Å². The summed E-state index contributed by atoms with van der Waals surface area (Å²) in [5.74, 6) is 0.546. The summed E-state index contributed by atoms with van der Waals surface area (Å²) in [6.07, 6.45) is 5.90. The van der Waals surface area contributed by atoms with Gasteiger partial charge in [0, 0.05) is 31.5 Å². The Bertz CT molecular complexity index is 651. The summed E-state index contributed by atoms with van der Waals surface area (Å²) in [4.78, 5) is 16.5. The Morgan fingerprint density at radius 1 is 1.26 bits per heavy atom. The fourth-order valence-electron chi connectivity index (χ4n) is 3.37. The maximum absolute atomic E-state index is 12.6. The number of aryl methyl sites for hydroxylation is 1. The number of likely N-dealkylation sites (tertiary alicyclic amines) is 1. The van der Waals surface area contributed by atoms with E-state index in [1.807, 2.05) is 17.0 Å². The van der Waals surface area contributed by atoms with Crippen molar-refractivity contribution >= 4 is 11.6 Å². The van der Waals surface area contributed by atoms with E-state index >= 15 is 0 Å². The number of rotatable bonds is 2. The number of nitriles is 1. The molecule has 4 nitrogen and oxygen atoms in total. The molecule has 3 rings (SSSR count). The summed E-state index contributed by atoms with van der Waals surface area (Å²) in [6, 6.07) is 10.3. The zero-order valence-electron chi connectivity index (χ0n) is 13.7. The standard InChI is InChI=1S/C19H23N3O/c1-15-8-11-21(12-9-15)19(23)17(13-20)14-22-10-4-6-16-5-2-3-7-18(16)22/h2-3,5,7,14-15H,4,6,8-12H2,1H3/b17-14-. The zero-order chi connectivity index (χ0) is 16.2. The van der Waals surface area contributed by atoms with E-state index in [-0.39, 0.29) is 11.5 Å². The Labute approximate surface area is 138 Å². The van der Waals surface area contributed by atoms with Crippen molar-refractivity contribution in [1.82, 2.24) is 4.90 Å². The number of carbonyl (C=O) groups excluding carboxylic acids is 1. The van der Waals surface area contributed by atoms with Gasteiger partial charge in [-0.1, -0.05) is 25.1 Å². The number of fused-ring (bicyclic) bond motifs is 1. The van der Waals surface area contributed by atoms with Crippen LogP contribution in [0, 0.1) is 17.2 Å². The van der Waals surface area contributed by atoms with Crippen molar-refractivity contribution in [3.63, 3.8) is 0 Å². The quantitative estimate of drug-likeness (QED) is 0.623. The lowest BCUT2D eigenvalue weighted by Gasteiger charge is -2.31. The van der Waals surface area contributed by atoms with Gasteiger partial charge in [0.05, 0.1) is 0 Å². The molecule has 1 saturated heterocycles. The summed E-state index contributed by atoms with van der Waals surface area (Å²) in [5, 5.41) is 9.47. The maximum atomic E-state index is 12.6. The van der Waals surface area contributed by atoms with Crippen LogP contribution in [0.3, 0.4) is 0 Å². The van der Waals surface area contributed by atoms with E-state index < -0.39 is 0 Å². The Morgan fingerprint density at radius 2 is 2.00 bits per heavy atom. The molecule has 0 radical (unpaired) electrons. The summed E-state index contributed by atoms with van der Waals surface area (Å²) in [5.41, 5.74) is 2.65. The lowest BCUT2D eigenvalue weighted by atomic mass is 9.98. The van der Waals surface area contributed by atoms with Gasteiger partial charge in [-0.25, -0.2) is 0 Å². The molecule has 0 saturated carbocycles. The number of para-hydroxylation sites is 1. The number of anilines is 1. The molecule has 0 aliphatic carbocycles. The summed E-state index contributed by atoms with van der Waals surface area (Å²) in [6.45, 7) is 4.59. The largest absolute Gasteiger partial charge is 0.346 e. The number of piperidine rings is 1. The first-order valence-corrected chi connectivity index (χ1v) is 8.45. The molecule has 2 aliphatic rings. The number of amides is 1. The average molecular weight is 309 g/mol. The fraction of sp³-hybridized carbons (Fsp3) is 0.474. The Hall–Kier alpha value is -2.28. The van der Waals surface area contributed by atoms with E-state index in [1.54, 1.807) is 6.20 Å². The monoisotopic (exact) mass is 309 g/mol.